The molecule has 0 saturated heterocycles. The minimum atomic E-state index is -0.0792. The molecule has 3 heterocycles. The van der Waals surface area contributed by atoms with Gasteiger partial charge in [-0.15, -0.1) is 0 Å². The summed E-state index contributed by atoms with van der Waals surface area (Å²) < 4.78 is 6.77. The molecule has 3 nitrogen and oxygen atoms in total. The molecule has 1 aliphatic rings. The normalized spacial score (nSPS) is 14.3. The van der Waals surface area contributed by atoms with E-state index in [1.807, 2.05) is 18.6 Å². The van der Waals surface area contributed by atoms with Crippen molar-refractivity contribution in [3.63, 3.8) is 0 Å². The molecule has 5 aromatic rings. The third-order valence-electron chi connectivity index (χ3n) is 7.48. The molecule has 0 spiro atoms. The smallest absolute Gasteiger partial charge is 0.145 e. The lowest BCUT2D eigenvalue weighted by atomic mass is 9.82. The zero-order valence-corrected chi connectivity index (χ0v) is 20.1. The van der Waals surface area contributed by atoms with Gasteiger partial charge in [-0.25, -0.2) is 0 Å². The molecular weight excluding hydrogens is 404 g/mol. The molecule has 0 radical (unpaired) electrons. The Bertz CT molecular complexity index is 1590. The number of aromatic nitrogens is 2. The minimum absolute atomic E-state index is 0.0792. The lowest BCUT2D eigenvalue weighted by Gasteiger charge is -2.20. The Balaban J connectivity index is 1.70. The van der Waals surface area contributed by atoms with E-state index in [-0.39, 0.29) is 5.41 Å². The zero-order chi connectivity index (χ0) is 23.1. The fraction of sp³-hybridized carbons (Fsp3) is 0.267. The Morgan fingerprint density at radius 3 is 2.30 bits per heavy atom. The molecule has 0 amide bonds. The van der Waals surface area contributed by atoms with Crippen LogP contribution in [0.25, 0.3) is 44.3 Å². The van der Waals surface area contributed by atoms with E-state index >= 15 is 0 Å². The topological polar surface area (TPSA) is 38.9 Å². The lowest BCUT2D eigenvalue weighted by Crippen LogP contribution is -2.14. The van der Waals surface area contributed by atoms with Gasteiger partial charge in [-0.1, -0.05) is 52.0 Å². The van der Waals surface area contributed by atoms with Gasteiger partial charge in [0.05, 0.1) is 5.69 Å². The maximum Gasteiger partial charge on any atom is 0.145 e. The molecule has 0 bridgehead atoms. The monoisotopic (exact) mass is 432 g/mol. The molecule has 0 atom stereocenters. The molecule has 0 N–H and O–H groups in total. The second-order valence-electron chi connectivity index (χ2n) is 10.2. The van der Waals surface area contributed by atoms with E-state index in [0.29, 0.717) is 5.92 Å². The summed E-state index contributed by atoms with van der Waals surface area (Å²) in [7, 11) is 0. The van der Waals surface area contributed by atoms with Gasteiger partial charge in [-0.3, -0.25) is 9.97 Å². The molecule has 2 aromatic carbocycles. The number of fused-ring (bicyclic) bond motifs is 7. The standard InChI is InChI=1S/C30H28N2O/c1-16(2)21-13-25(32-14-18(21)4)26-17(3)7-8-19-20-9-10-24-27(29(20)33-28(19)26)22-15-31-12-11-23(22)30(24,5)6/h7-16H,1-6H3. The van der Waals surface area contributed by atoms with Crippen LogP contribution in [-0.2, 0) is 5.41 Å². The van der Waals surface area contributed by atoms with E-state index in [0.717, 1.165) is 33.2 Å². The predicted octanol–water partition coefficient (Wildman–Crippen LogP) is 8.09. The average Bonchev–Trinajstić information content (AvgIpc) is 3.27. The van der Waals surface area contributed by atoms with E-state index in [1.165, 1.54) is 38.9 Å². The zero-order valence-electron chi connectivity index (χ0n) is 20.1. The Kier molecular flexibility index (Phi) is 4.14. The van der Waals surface area contributed by atoms with Crippen molar-refractivity contribution in [3.8, 4) is 22.4 Å². The van der Waals surface area contributed by atoms with Crippen molar-refractivity contribution in [2.75, 3.05) is 0 Å². The summed E-state index contributed by atoms with van der Waals surface area (Å²) in [5.41, 5.74) is 12.5. The largest absolute Gasteiger partial charge is 0.455 e. The van der Waals surface area contributed by atoms with Gasteiger partial charge in [-0.2, -0.15) is 0 Å². The fourth-order valence-electron chi connectivity index (χ4n) is 5.69. The predicted molar refractivity (Wildman–Crippen MR) is 136 cm³/mol. The number of benzene rings is 2. The third kappa shape index (κ3) is 2.68. The molecule has 0 unspecified atom stereocenters. The fourth-order valence-corrected chi connectivity index (χ4v) is 5.69. The van der Waals surface area contributed by atoms with Crippen molar-refractivity contribution in [1.29, 1.82) is 0 Å². The summed E-state index contributed by atoms with van der Waals surface area (Å²) in [4.78, 5) is 9.28. The van der Waals surface area contributed by atoms with Gasteiger partial charge >= 0.3 is 0 Å². The number of nitrogens with zero attached hydrogens (tertiary/aromatic N) is 2. The highest BCUT2D eigenvalue weighted by molar-refractivity contribution is 6.14. The SMILES string of the molecule is Cc1cnc(-c2c(C)ccc3c2oc2c4c(ccc23)C(C)(C)c2ccncc2-4)cc1C(C)C. The van der Waals surface area contributed by atoms with Crippen molar-refractivity contribution >= 4 is 21.9 Å². The molecule has 1 aliphatic carbocycles. The Labute approximate surface area is 194 Å². The van der Waals surface area contributed by atoms with Gasteiger partial charge in [0, 0.05) is 51.5 Å². The quantitative estimate of drug-likeness (QED) is 0.283. The van der Waals surface area contributed by atoms with Crippen LogP contribution < -0.4 is 0 Å². The highest BCUT2D eigenvalue weighted by Gasteiger charge is 2.37. The number of aryl methyl sites for hydroxylation is 2. The minimum Gasteiger partial charge on any atom is -0.455 e. The first-order valence-electron chi connectivity index (χ1n) is 11.7. The molecule has 6 rings (SSSR count). The maximum absolute atomic E-state index is 6.77. The first-order chi connectivity index (χ1) is 15.8. The van der Waals surface area contributed by atoms with Crippen LogP contribution in [0.2, 0.25) is 0 Å². The summed E-state index contributed by atoms with van der Waals surface area (Å²) in [5.74, 6) is 0.441. The van der Waals surface area contributed by atoms with Crippen LogP contribution in [-0.4, -0.2) is 9.97 Å². The van der Waals surface area contributed by atoms with E-state index in [2.05, 4.69) is 82.9 Å². The van der Waals surface area contributed by atoms with Crippen LogP contribution >= 0.6 is 0 Å². The molecule has 164 valence electrons. The summed E-state index contributed by atoms with van der Waals surface area (Å²) >= 11 is 0. The number of rotatable bonds is 2. The molecular formula is C30H28N2O. The van der Waals surface area contributed by atoms with Gasteiger partial charge in [-0.05, 0) is 59.7 Å². The van der Waals surface area contributed by atoms with Crippen LogP contribution in [0.3, 0.4) is 0 Å². The highest BCUT2D eigenvalue weighted by Crippen LogP contribution is 2.52. The van der Waals surface area contributed by atoms with E-state index in [1.54, 1.807) is 0 Å². The van der Waals surface area contributed by atoms with E-state index in [9.17, 15) is 0 Å². The van der Waals surface area contributed by atoms with Crippen LogP contribution in [0.15, 0.2) is 59.4 Å². The van der Waals surface area contributed by atoms with Crippen LogP contribution in [0.4, 0.5) is 0 Å². The number of hydrogen-bond acceptors (Lipinski definition) is 3. The number of hydrogen-bond donors (Lipinski definition) is 0. The third-order valence-corrected chi connectivity index (χ3v) is 7.48. The van der Waals surface area contributed by atoms with Crippen molar-refractivity contribution < 1.29 is 4.42 Å². The first kappa shape index (κ1) is 20.2. The van der Waals surface area contributed by atoms with Gasteiger partial charge in [0.15, 0.2) is 0 Å². The molecule has 0 saturated carbocycles. The number of furan rings is 1. The summed E-state index contributed by atoms with van der Waals surface area (Å²) in [6.45, 7) is 13.3. The molecule has 0 aliphatic heterocycles. The first-order valence-corrected chi connectivity index (χ1v) is 11.7. The Morgan fingerprint density at radius 1 is 0.818 bits per heavy atom. The van der Waals surface area contributed by atoms with Gasteiger partial charge in [0.2, 0.25) is 0 Å². The van der Waals surface area contributed by atoms with Crippen molar-refractivity contribution in [3.05, 3.63) is 82.8 Å². The lowest BCUT2D eigenvalue weighted by molar-refractivity contribution is 0.653. The average molecular weight is 433 g/mol. The molecule has 0 fully saturated rings. The highest BCUT2D eigenvalue weighted by atomic mass is 16.3. The van der Waals surface area contributed by atoms with Crippen LogP contribution in [0.5, 0.6) is 0 Å². The molecule has 33 heavy (non-hydrogen) atoms. The second kappa shape index (κ2) is 6.77. The second-order valence-corrected chi connectivity index (χ2v) is 10.2. The van der Waals surface area contributed by atoms with E-state index < -0.39 is 0 Å². The summed E-state index contributed by atoms with van der Waals surface area (Å²) in [6.07, 6.45) is 5.87. The van der Waals surface area contributed by atoms with Crippen LogP contribution in [0, 0.1) is 13.8 Å². The maximum atomic E-state index is 6.77. The van der Waals surface area contributed by atoms with Gasteiger partial charge in [0.1, 0.15) is 11.2 Å². The van der Waals surface area contributed by atoms with Gasteiger partial charge in [0.25, 0.3) is 0 Å². The van der Waals surface area contributed by atoms with Crippen molar-refractivity contribution in [1.82, 2.24) is 9.97 Å². The van der Waals surface area contributed by atoms with Crippen LogP contribution in [0.1, 0.15) is 61.4 Å². The molecule has 3 heteroatoms. The van der Waals surface area contributed by atoms with E-state index in [4.69, 9.17) is 9.40 Å². The molecule has 3 aromatic heterocycles. The Morgan fingerprint density at radius 2 is 1.55 bits per heavy atom. The Hall–Kier alpha value is -3.46. The van der Waals surface area contributed by atoms with Gasteiger partial charge < -0.3 is 4.42 Å². The van der Waals surface area contributed by atoms with Crippen molar-refractivity contribution in [2.45, 2.75) is 52.9 Å². The number of pyridine rings is 2. The summed E-state index contributed by atoms with van der Waals surface area (Å²) in [6, 6.07) is 13.3. The summed E-state index contributed by atoms with van der Waals surface area (Å²) in [5, 5.41) is 2.28. The van der Waals surface area contributed by atoms with Crippen molar-refractivity contribution in [2.24, 2.45) is 0 Å².